The number of amides is 1. The number of ether oxygens (including phenoxy) is 1. The lowest BCUT2D eigenvalue weighted by Gasteiger charge is -2.30. The highest BCUT2D eigenvalue weighted by molar-refractivity contribution is 5.92. The minimum Gasteiger partial charge on any atom is -0.466 e. The number of benzene rings is 1. The Labute approximate surface area is 138 Å². The Balaban J connectivity index is 1.77. The number of hydrogen-bond acceptors (Lipinski definition) is 4. The standard InChI is InChI=1S/C18H26N2O3/c1-3-14-6-5-7-16(12-14)19-17(21)13-20-10-8-15(9-11-20)18(22)23-4-2/h5-7,12,15H,3-4,8-11,13H2,1-2H3,(H,19,21). The van der Waals surface area contributed by atoms with Crippen molar-refractivity contribution in [2.45, 2.75) is 33.1 Å². The van der Waals surface area contributed by atoms with Gasteiger partial charge in [0, 0.05) is 5.69 Å². The van der Waals surface area contributed by atoms with Crippen molar-refractivity contribution in [3.63, 3.8) is 0 Å². The van der Waals surface area contributed by atoms with Crippen LogP contribution in [0.15, 0.2) is 24.3 Å². The second kappa shape index (κ2) is 8.67. The van der Waals surface area contributed by atoms with Gasteiger partial charge in [-0.25, -0.2) is 0 Å². The molecule has 5 heteroatoms. The van der Waals surface area contributed by atoms with E-state index in [1.54, 1.807) is 0 Å². The number of rotatable bonds is 6. The monoisotopic (exact) mass is 318 g/mol. The minimum atomic E-state index is -0.104. The number of carbonyl (C=O) groups excluding carboxylic acids is 2. The molecule has 0 unspecified atom stereocenters. The second-order valence-corrected chi connectivity index (χ2v) is 5.90. The van der Waals surface area contributed by atoms with Gasteiger partial charge in [0.2, 0.25) is 5.91 Å². The average molecular weight is 318 g/mol. The quantitative estimate of drug-likeness (QED) is 0.819. The zero-order chi connectivity index (χ0) is 16.7. The van der Waals surface area contributed by atoms with Crippen LogP contribution in [0.5, 0.6) is 0 Å². The van der Waals surface area contributed by atoms with E-state index < -0.39 is 0 Å². The van der Waals surface area contributed by atoms with E-state index in [4.69, 9.17) is 4.74 Å². The molecule has 1 aliphatic heterocycles. The lowest BCUT2D eigenvalue weighted by molar-refractivity contribution is -0.149. The number of piperidine rings is 1. The lowest BCUT2D eigenvalue weighted by atomic mass is 9.97. The van der Waals surface area contributed by atoms with Crippen molar-refractivity contribution in [3.8, 4) is 0 Å². The molecule has 1 aromatic rings. The van der Waals surface area contributed by atoms with Crippen LogP contribution in [0.4, 0.5) is 5.69 Å². The zero-order valence-electron chi connectivity index (χ0n) is 14.0. The van der Waals surface area contributed by atoms with Gasteiger partial charge in [0.25, 0.3) is 0 Å². The number of carbonyl (C=O) groups is 2. The zero-order valence-corrected chi connectivity index (χ0v) is 14.0. The molecule has 2 rings (SSSR count). The summed E-state index contributed by atoms with van der Waals surface area (Å²) < 4.78 is 5.06. The maximum atomic E-state index is 12.2. The van der Waals surface area contributed by atoms with E-state index >= 15 is 0 Å². The molecule has 1 aromatic carbocycles. The van der Waals surface area contributed by atoms with Gasteiger partial charge < -0.3 is 10.1 Å². The summed E-state index contributed by atoms with van der Waals surface area (Å²) in [6.07, 6.45) is 2.47. The van der Waals surface area contributed by atoms with Crippen molar-refractivity contribution in [2.24, 2.45) is 5.92 Å². The molecule has 1 fully saturated rings. The van der Waals surface area contributed by atoms with Crippen LogP contribution in [0.25, 0.3) is 0 Å². The minimum absolute atomic E-state index is 0.00663. The topological polar surface area (TPSA) is 58.6 Å². The smallest absolute Gasteiger partial charge is 0.309 e. The number of nitrogens with zero attached hydrogens (tertiary/aromatic N) is 1. The molecular formula is C18H26N2O3. The summed E-state index contributed by atoms with van der Waals surface area (Å²) in [4.78, 5) is 26.0. The van der Waals surface area contributed by atoms with Gasteiger partial charge in [-0.1, -0.05) is 19.1 Å². The maximum absolute atomic E-state index is 12.2. The number of esters is 1. The van der Waals surface area contributed by atoms with Crippen molar-refractivity contribution in [3.05, 3.63) is 29.8 Å². The summed E-state index contributed by atoms with van der Waals surface area (Å²) in [7, 11) is 0. The SMILES string of the molecule is CCOC(=O)C1CCN(CC(=O)Nc2cccc(CC)c2)CC1. The summed E-state index contributed by atoms with van der Waals surface area (Å²) in [5, 5.41) is 2.95. The molecule has 0 aromatic heterocycles. The number of aryl methyl sites for hydroxylation is 1. The summed E-state index contributed by atoms with van der Waals surface area (Å²) >= 11 is 0. The third kappa shape index (κ3) is 5.36. The average Bonchev–Trinajstić information content (AvgIpc) is 2.55. The normalized spacial score (nSPS) is 16.1. The van der Waals surface area contributed by atoms with Crippen molar-refractivity contribution in [1.29, 1.82) is 0 Å². The molecule has 1 amide bonds. The highest BCUT2D eigenvalue weighted by Gasteiger charge is 2.26. The fourth-order valence-electron chi connectivity index (χ4n) is 2.86. The van der Waals surface area contributed by atoms with Crippen LogP contribution in [0, 0.1) is 5.92 Å². The van der Waals surface area contributed by atoms with E-state index in [2.05, 4.69) is 23.2 Å². The third-order valence-electron chi connectivity index (χ3n) is 4.19. The molecule has 0 saturated carbocycles. The van der Waals surface area contributed by atoms with Crippen LogP contribution in [-0.4, -0.2) is 43.0 Å². The molecule has 0 atom stereocenters. The molecular weight excluding hydrogens is 292 g/mol. The molecule has 0 spiro atoms. The molecule has 126 valence electrons. The summed E-state index contributed by atoms with van der Waals surface area (Å²) in [5.41, 5.74) is 2.05. The van der Waals surface area contributed by atoms with Gasteiger partial charge in [-0.3, -0.25) is 14.5 Å². The van der Waals surface area contributed by atoms with E-state index in [0.29, 0.717) is 13.2 Å². The Bertz CT molecular complexity index is 537. The first kappa shape index (κ1) is 17.5. The van der Waals surface area contributed by atoms with Crippen LogP contribution in [0.3, 0.4) is 0 Å². The number of hydrogen-bond donors (Lipinski definition) is 1. The predicted octanol–water partition coefficient (Wildman–Crippen LogP) is 2.46. The molecule has 0 radical (unpaired) electrons. The Morgan fingerprint density at radius 3 is 2.65 bits per heavy atom. The van der Waals surface area contributed by atoms with Gasteiger partial charge in [0.15, 0.2) is 0 Å². The van der Waals surface area contributed by atoms with Crippen molar-refractivity contribution < 1.29 is 14.3 Å². The number of nitrogens with one attached hydrogen (secondary N) is 1. The third-order valence-corrected chi connectivity index (χ3v) is 4.19. The fourth-order valence-corrected chi connectivity index (χ4v) is 2.86. The van der Waals surface area contributed by atoms with Gasteiger partial charge in [-0.15, -0.1) is 0 Å². The van der Waals surface area contributed by atoms with Crippen LogP contribution in [0.1, 0.15) is 32.3 Å². The van der Waals surface area contributed by atoms with Gasteiger partial charge >= 0.3 is 5.97 Å². The molecule has 0 bridgehead atoms. The van der Waals surface area contributed by atoms with Crippen LogP contribution < -0.4 is 5.32 Å². The van der Waals surface area contributed by atoms with E-state index in [9.17, 15) is 9.59 Å². The van der Waals surface area contributed by atoms with Gasteiger partial charge in [0.1, 0.15) is 0 Å². The first-order chi connectivity index (χ1) is 11.1. The largest absolute Gasteiger partial charge is 0.466 e. The van der Waals surface area contributed by atoms with Crippen LogP contribution in [0.2, 0.25) is 0 Å². The number of anilines is 1. The molecule has 1 heterocycles. The van der Waals surface area contributed by atoms with Crippen LogP contribution >= 0.6 is 0 Å². The van der Waals surface area contributed by atoms with Crippen molar-refractivity contribution in [1.82, 2.24) is 4.90 Å². The number of likely N-dealkylation sites (tertiary alicyclic amines) is 1. The van der Waals surface area contributed by atoms with Crippen molar-refractivity contribution in [2.75, 3.05) is 31.6 Å². The molecule has 1 aliphatic rings. The Hall–Kier alpha value is -1.88. The second-order valence-electron chi connectivity index (χ2n) is 5.90. The molecule has 23 heavy (non-hydrogen) atoms. The first-order valence-electron chi connectivity index (χ1n) is 8.40. The van der Waals surface area contributed by atoms with Crippen molar-refractivity contribution >= 4 is 17.6 Å². The lowest BCUT2D eigenvalue weighted by Crippen LogP contribution is -2.41. The molecule has 1 saturated heterocycles. The van der Waals surface area contributed by atoms with E-state index in [-0.39, 0.29) is 17.8 Å². The summed E-state index contributed by atoms with van der Waals surface area (Å²) in [6, 6.07) is 7.92. The predicted molar refractivity (Wildman–Crippen MR) is 90.2 cm³/mol. The van der Waals surface area contributed by atoms with Gasteiger partial charge in [-0.2, -0.15) is 0 Å². The Morgan fingerprint density at radius 2 is 2.00 bits per heavy atom. The highest BCUT2D eigenvalue weighted by atomic mass is 16.5. The Kier molecular flexibility index (Phi) is 6.59. The molecule has 5 nitrogen and oxygen atoms in total. The fraction of sp³-hybridized carbons (Fsp3) is 0.556. The summed E-state index contributed by atoms with van der Waals surface area (Å²) in [6.45, 7) is 6.22. The molecule has 1 N–H and O–H groups in total. The first-order valence-corrected chi connectivity index (χ1v) is 8.40. The van der Waals surface area contributed by atoms with Gasteiger partial charge in [0.05, 0.1) is 19.1 Å². The summed E-state index contributed by atoms with van der Waals surface area (Å²) in [5.74, 6) is -0.128. The van der Waals surface area contributed by atoms with Gasteiger partial charge in [-0.05, 0) is 57.0 Å². The Morgan fingerprint density at radius 1 is 1.26 bits per heavy atom. The van der Waals surface area contributed by atoms with E-state index in [1.165, 1.54) is 5.56 Å². The maximum Gasteiger partial charge on any atom is 0.309 e. The van der Waals surface area contributed by atoms with E-state index in [0.717, 1.165) is 38.0 Å². The highest BCUT2D eigenvalue weighted by Crippen LogP contribution is 2.18. The van der Waals surface area contributed by atoms with E-state index in [1.807, 2.05) is 25.1 Å². The van der Waals surface area contributed by atoms with Crippen LogP contribution in [-0.2, 0) is 20.7 Å². The molecule has 0 aliphatic carbocycles.